The Morgan fingerprint density at radius 2 is 2.28 bits per heavy atom. The van der Waals surface area contributed by atoms with Crippen molar-refractivity contribution in [2.75, 3.05) is 7.11 Å². The molecule has 100 valence electrons. The van der Waals surface area contributed by atoms with Gasteiger partial charge in [0.15, 0.2) is 0 Å². The zero-order valence-corrected chi connectivity index (χ0v) is 11.5. The molecule has 0 bridgehead atoms. The Morgan fingerprint density at radius 1 is 1.56 bits per heavy atom. The molecule has 0 radical (unpaired) electrons. The maximum absolute atomic E-state index is 11.5. The van der Waals surface area contributed by atoms with E-state index >= 15 is 0 Å². The van der Waals surface area contributed by atoms with E-state index in [1.165, 1.54) is 0 Å². The fraction of sp³-hybridized carbons (Fsp3) is 0.462. The molecule has 1 aromatic carbocycles. The highest BCUT2D eigenvalue weighted by Gasteiger charge is 2.05. The second-order valence-corrected chi connectivity index (χ2v) is 4.67. The van der Waals surface area contributed by atoms with Crippen molar-refractivity contribution in [3.63, 3.8) is 0 Å². The third-order valence-corrected chi connectivity index (χ3v) is 2.83. The Kier molecular flexibility index (Phi) is 5.95. The van der Waals surface area contributed by atoms with Crippen LogP contribution in [0.5, 0.6) is 5.75 Å². The summed E-state index contributed by atoms with van der Waals surface area (Å²) in [6.45, 7) is 2.35. The molecule has 0 spiro atoms. The second-order valence-electron chi connectivity index (χ2n) is 4.26. The molecule has 5 heteroatoms. The second kappa shape index (κ2) is 7.24. The maximum Gasteiger partial charge on any atom is 0.220 e. The number of hydrogen-bond donors (Lipinski definition) is 2. The zero-order valence-electron chi connectivity index (χ0n) is 10.7. The largest absolute Gasteiger partial charge is 0.495 e. The number of halogens is 1. The van der Waals surface area contributed by atoms with Crippen LogP contribution in [0.25, 0.3) is 0 Å². The molecule has 0 aromatic heterocycles. The fourth-order valence-electron chi connectivity index (χ4n) is 1.47. The Morgan fingerprint density at radius 3 is 2.83 bits per heavy atom. The summed E-state index contributed by atoms with van der Waals surface area (Å²) >= 11 is 5.99. The molecule has 0 saturated carbocycles. The molecule has 0 aliphatic carbocycles. The molecule has 0 aliphatic rings. The quantitative estimate of drug-likeness (QED) is 0.832. The summed E-state index contributed by atoms with van der Waals surface area (Å²) in [6.07, 6.45) is 1.14. The highest BCUT2D eigenvalue weighted by Crippen LogP contribution is 2.24. The minimum absolute atomic E-state index is 0.000703. The number of methoxy groups -OCH3 is 1. The lowest BCUT2D eigenvalue weighted by Crippen LogP contribution is -2.25. The van der Waals surface area contributed by atoms with Crippen molar-refractivity contribution in [1.29, 1.82) is 0 Å². The summed E-state index contributed by atoms with van der Waals surface area (Å²) in [5, 5.41) is 3.37. The van der Waals surface area contributed by atoms with E-state index in [1.54, 1.807) is 19.2 Å². The number of nitrogens with two attached hydrogens (primary N) is 1. The van der Waals surface area contributed by atoms with Gasteiger partial charge in [0.05, 0.1) is 12.1 Å². The lowest BCUT2D eigenvalue weighted by atomic mass is 10.2. The molecule has 18 heavy (non-hydrogen) atoms. The van der Waals surface area contributed by atoms with E-state index < -0.39 is 0 Å². The van der Waals surface area contributed by atoms with Gasteiger partial charge in [-0.1, -0.05) is 17.7 Å². The van der Waals surface area contributed by atoms with Crippen LogP contribution in [0.3, 0.4) is 0 Å². The van der Waals surface area contributed by atoms with Crippen LogP contribution >= 0.6 is 11.6 Å². The van der Waals surface area contributed by atoms with Crippen molar-refractivity contribution in [2.45, 2.75) is 32.4 Å². The SMILES string of the molecule is COc1ccc(CNC(=O)CCC(C)N)cc1Cl. The molecular weight excluding hydrogens is 252 g/mol. The van der Waals surface area contributed by atoms with Crippen molar-refractivity contribution in [3.8, 4) is 5.75 Å². The molecule has 1 atom stereocenters. The smallest absolute Gasteiger partial charge is 0.220 e. The van der Waals surface area contributed by atoms with E-state index in [4.69, 9.17) is 22.1 Å². The van der Waals surface area contributed by atoms with Crippen LogP contribution < -0.4 is 15.8 Å². The number of carbonyl (C=O) groups excluding carboxylic acids is 1. The highest BCUT2D eigenvalue weighted by molar-refractivity contribution is 6.32. The van der Waals surface area contributed by atoms with Crippen LogP contribution in [-0.4, -0.2) is 19.1 Å². The van der Waals surface area contributed by atoms with Crippen molar-refractivity contribution in [2.24, 2.45) is 5.73 Å². The van der Waals surface area contributed by atoms with E-state index in [2.05, 4.69) is 5.32 Å². The first-order valence-corrected chi connectivity index (χ1v) is 6.25. The molecule has 1 unspecified atom stereocenters. The van der Waals surface area contributed by atoms with Gasteiger partial charge < -0.3 is 15.8 Å². The van der Waals surface area contributed by atoms with Crippen LogP contribution in [0.4, 0.5) is 0 Å². The first-order valence-electron chi connectivity index (χ1n) is 5.87. The number of benzene rings is 1. The molecule has 1 aromatic rings. The molecule has 0 heterocycles. The Hall–Kier alpha value is -1.26. The van der Waals surface area contributed by atoms with Crippen LogP contribution in [-0.2, 0) is 11.3 Å². The van der Waals surface area contributed by atoms with Gasteiger partial charge in [-0.05, 0) is 31.0 Å². The first kappa shape index (κ1) is 14.8. The van der Waals surface area contributed by atoms with E-state index in [-0.39, 0.29) is 11.9 Å². The number of amides is 1. The Labute approximate surface area is 112 Å². The van der Waals surface area contributed by atoms with E-state index in [9.17, 15) is 4.79 Å². The third kappa shape index (κ3) is 4.94. The van der Waals surface area contributed by atoms with Gasteiger partial charge in [-0.25, -0.2) is 0 Å². The standard InChI is InChI=1S/C13H19ClN2O2/c1-9(15)3-6-13(17)16-8-10-4-5-12(18-2)11(14)7-10/h4-5,7,9H,3,6,8,15H2,1-2H3,(H,16,17). The average molecular weight is 271 g/mol. The van der Waals surface area contributed by atoms with Gasteiger partial charge in [0.25, 0.3) is 0 Å². The van der Waals surface area contributed by atoms with E-state index in [0.717, 1.165) is 5.56 Å². The summed E-state index contributed by atoms with van der Waals surface area (Å²) in [5.74, 6) is 0.628. The van der Waals surface area contributed by atoms with Crippen molar-refractivity contribution in [1.82, 2.24) is 5.32 Å². The van der Waals surface area contributed by atoms with Crippen LogP contribution in [0.2, 0.25) is 5.02 Å². The van der Waals surface area contributed by atoms with E-state index in [0.29, 0.717) is 30.2 Å². The van der Waals surface area contributed by atoms with Gasteiger partial charge in [-0.2, -0.15) is 0 Å². The van der Waals surface area contributed by atoms with Crippen LogP contribution in [0, 0.1) is 0 Å². The number of ether oxygens (including phenoxy) is 1. The molecule has 4 nitrogen and oxygen atoms in total. The molecule has 0 fully saturated rings. The topological polar surface area (TPSA) is 64.3 Å². The highest BCUT2D eigenvalue weighted by atomic mass is 35.5. The molecule has 0 aliphatic heterocycles. The van der Waals surface area contributed by atoms with Gasteiger partial charge in [-0.3, -0.25) is 4.79 Å². The predicted molar refractivity (Wildman–Crippen MR) is 72.7 cm³/mol. The molecular formula is C13H19ClN2O2. The molecule has 1 amide bonds. The number of rotatable bonds is 6. The van der Waals surface area contributed by atoms with Crippen LogP contribution in [0.1, 0.15) is 25.3 Å². The minimum atomic E-state index is -0.000703. The average Bonchev–Trinajstić information content (AvgIpc) is 2.34. The predicted octanol–water partition coefficient (Wildman–Crippen LogP) is 2.09. The maximum atomic E-state index is 11.5. The lowest BCUT2D eigenvalue weighted by Gasteiger charge is -2.08. The van der Waals surface area contributed by atoms with Crippen molar-refractivity contribution < 1.29 is 9.53 Å². The Bertz CT molecular complexity index is 408. The van der Waals surface area contributed by atoms with Gasteiger partial charge >= 0.3 is 0 Å². The lowest BCUT2D eigenvalue weighted by molar-refractivity contribution is -0.121. The number of carbonyl (C=O) groups is 1. The third-order valence-electron chi connectivity index (χ3n) is 2.53. The normalized spacial score (nSPS) is 12.0. The minimum Gasteiger partial charge on any atom is -0.495 e. The summed E-state index contributed by atoms with van der Waals surface area (Å²) in [7, 11) is 1.57. The summed E-state index contributed by atoms with van der Waals surface area (Å²) in [4.78, 5) is 11.5. The fourth-order valence-corrected chi connectivity index (χ4v) is 1.75. The molecule has 0 saturated heterocycles. The van der Waals surface area contributed by atoms with Gasteiger partial charge in [0.2, 0.25) is 5.91 Å². The van der Waals surface area contributed by atoms with Gasteiger partial charge in [0.1, 0.15) is 5.75 Å². The summed E-state index contributed by atoms with van der Waals surface area (Å²) in [6, 6.07) is 5.49. The number of nitrogens with one attached hydrogen (secondary N) is 1. The van der Waals surface area contributed by atoms with Crippen LogP contribution in [0.15, 0.2) is 18.2 Å². The van der Waals surface area contributed by atoms with Crippen molar-refractivity contribution in [3.05, 3.63) is 28.8 Å². The van der Waals surface area contributed by atoms with Crippen molar-refractivity contribution >= 4 is 17.5 Å². The van der Waals surface area contributed by atoms with Gasteiger partial charge in [-0.15, -0.1) is 0 Å². The Balaban J connectivity index is 2.43. The summed E-state index contributed by atoms with van der Waals surface area (Å²) in [5.41, 5.74) is 6.53. The monoisotopic (exact) mass is 270 g/mol. The van der Waals surface area contributed by atoms with Gasteiger partial charge in [0, 0.05) is 19.0 Å². The molecule has 3 N–H and O–H groups in total. The summed E-state index contributed by atoms with van der Waals surface area (Å²) < 4.78 is 5.06. The molecule has 1 rings (SSSR count). The zero-order chi connectivity index (χ0) is 13.5. The first-order chi connectivity index (χ1) is 8.52. The number of hydrogen-bond acceptors (Lipinski definition) is 3. The van der Waals surface area contributed by atoms with E-state index in [1.807, 2.05) is 13.0 Å².